The minimum absolute atomic E-state index is 0.00602. The Morgan fingerprint density at radius 2 is 2.17 bits per heavy atom. The maximum Gasteiger partial charge on any atom is 0.191 e. The van der Waals surface area contributed by atoms with Gasteiger partial charge < -0.3 is 4.74 Å². The first kappa shape index (κ1) is 7.43. The van der Waals surface area contributed by atoms with Crippen LogP contribution in [0.5, 0.6) is 0 Å². The van der Waals surface area contributed by atoms with Gasteiger partial charge in [0.05, 0.1) is 12.2 Å². The van der Waals surface area contributed by atoms with Gasteiger partial charge in [-0.1, -0.05) is 12.1 Å². The van der Waals surface area contributed by atoms with Crippen molar-refractivity contribution in [1.29, 1.82) is 0 Å². The van der Waals surface area contributed by atoms with Crippen LogP contribution in [0.15, 0.2) is 18.2 Å². The minimum Gasteiger partial charge on any atom is -0.369 e. The maximum atomic E-state index is 13.0. The van der Waals surface area contributed by atoms with E-state index in [2.05, 4.69) is 0 Å². The molecule has 0 saturated carbocycles. The Balaban J connectivity index is 2.60. The van der Waals surface area contributed by atoms with Gasteiger partial charge in [-0.15, -0.1) is 0 Å². The van der Waals surface area contributed by atoms with Gasteiger partial charge in [0.1, 0.15) is 12.4 Å². The van der Waals surface area contributed by atoms with Gasteiger partial charge in [0.25, 0.3) is 0 Å². The van der Waals surface area contributed by atoms with Crippen LogP contribution >= 0.6 is 0 Å². The first-order chi connectivity index (χ1) is 5.79. The van der Waals surface area contributed by atoms with Crippen molar-refractivity contribution in [2.24, 2.45) is 0 Å². The molecule has 1 aromatic carbocycles. The zero-order valence-corrected chi connectivity index (χ0v) is 6.34. The van der Waals surface area contributed by atoms with Gasteiger partial charge in [0, 0.05) is 0 Å². The van der Waals surface area contributed by atoms with Crippen LogP contribution in [0.4, 0.5) is 4.39 Å². The predicted octanol–water partition coefficient (Wildman–Crippen LogP) is 1.54. The summed E-state index contributed by atoms with van der Waals surface area (Å²) in [5.74, 6) is -0.713. The first-order valence-corrected chi connectivity index (χ1v) is 3.67. The summed E-state index contributed by atoms with van der Waals surface area (Å²) in [7, 11) is 0. The lowest BCUT2D eigenvalue weighted by Gasteiger charge is -2.14. The van der Waals surface area contributed by atoms with Crippen molar-refractivity contribution in [2.45, 2.75) is 6.61 Å². The zero-order chi connectivity index (χ0) is 8.55. The number of hydrogen-bond acceptors (Lipinski definition) is 2. The zero-order valence-electron chi connectivity index (χ0n) is 6.34. The van der Waals surface area contributed by atoms with Crippen molar-refractivity contribution in [2.75, 3.05) is 6.61 Å². The molecule has 2 rings (SSSR count). The Bertz CT molecular complexity index is 333. The fourth-order valence-corrected chi connectivity index (χ4v) is 1.33. The molecule has 0 bridgehead atoms. The largest absolute Gasteiger partial charge is 0.369 e. The van der Waals surface area contributed by atoms with Crippen molar-refractivity contribution < 1.29 is 13.9 Å². The molecule has 12 heavy (non-hydrogen) atoms. The summed E-state index contributed by atoms with van der Waals surface area (Å²) >= 11 is 0. The number of ketones is 1. The van der Waals surface area contributed by atoms with E-state index in [4.69, 9.17) is 4.74 Å². The van der Waals surface area contributed by atoms with Crippen molar-refractivity contribution in [3.8, 4) is 0 Å². The molecule has 0 aromatic heterocycles. The van der Waals surface area contributed by atoms with Crippen LogP contribution in [-0.2, 0) is 11.3 Å². The molecule has 0 spiro atoms. The van der Waals surface area contributed by atoms with E-state index in [0.717, 1.165) is 0 Å². The third kappa shape index (κ3) is 1.02. The van der Waals surface area contributed by atoms with E-state index in [0.29, 0.717) is 12.2 Å². The number of carbonyl (C=O) groups excluding carboxylic acids is 1. The summed E-state index contributed by atoms with van der Waals surface area (Å²) in [5, 5.41) is 0. The van der Waals surface area contributed by atoms with Crippen LogP contribution in [-0.4, -0.2) is 12.4 Å². The highest BCUT2D eigenvalue weighted by Gasteiger charge is 2.20. The average molecular weight is 166 g/mol. The Morgan fingerprint density at radius 1 is 1.33 bits per heavy atom. The average Bonchev–Trinajstić information content (AvgIpc) is 2.04. The monoisotopic (exact) mass is 166 g/mol. The van der Waals surface area contributed by atoms with Crippen LogP contribution in [0.25, 0.3) is 0 Å². The lowest BCUT2D eigenvalue weighted by atomic mass is 10.0. The first-order valence-electron chi connectivity index (χ1n) is 3.67. The molecule has 1 aliphatic rings. The molecule has 0 saturated heterocycles. The molecular formula is C9H7FO2. The van der Waals surface area contributed by atoms with E-state index in [9.17, 15) is 9.18 Å². The molecule has 0 amide bonds. The highest BCUT2D eigenvalue weighted by molar-refractivity contribution is 5.99. The molecule has 0 fully saturated rings. The highest BCUT2D eigenvalue weighted by atomic mass is 19.1. The van der Waals surface area contributed by atoms with Crippen molar-refractivity contribution in [3.05, 3.63) is 35.1 Å². The molecular weight excluding hydrogens is 159 g/mol. The number of ether oxygens (including phenoxy) is 1. The quantitative estimate of drug-likeness (QED) is 0.584. The van der Waals surface area contributed by atoms with E-state index >= 15 is 0 Å². The van der Waals surface area contributed by atoms with Gasteiger partial charge in [0.2, 0.25) is 0 Å². The third-order valence-electron chi connectivity index (χ3n) is 1.87. The molecule has 0 N–H and O–H groups in total. The van der Waals surface area contributed by atoms with E-state index in [1.54, 1.807) is 12.1 Å². The molecule has 0 radical (unpaired) electrons. The number of benzene rings is 1. The second-order valence-electron chi connectivity index (χ2n) is 2.69. The van der Waals surface area contributed by atoms with Gasteiger partial charge in [0.15, 0.2) is 5.78 Å². The van der Waals surface area contributed by atoms with Crippen molar-refractivity contribution >= 4 is 5.78 Å². The Morgan fingerprint density at radius 3 is 2.92 bits per heavy atom. The van der Waals surface area contributed by atoms with Gasteiger partial charge in [-0.05, 0) is 11.6 Å². The van der Waals surface area contributed by atoms with Crippen LogP contribution in [0.1, 0.15) is 15.9 Å². The van der Waals surface area contributed by atoms with E-state index in [-0.39, 0.29) is 18.0 Å². The van der Waals surface area contributed by atoms with Crippen LogP contribution in [0.2, 0.25) is 0 Å². The molecule has 1 aromatic rings. The molecule has 0 atom stereocenters. The lowest BCUT2D eigenvalue weighted by molar-refractivity contribution is 0.0658. The topological polar surface area (TPSA) is 26.3 Å². The molecule has 1 aliphatic heterocycles. The van der Waals surface area contributed by atoms with Gasteiger partial charge in [-0.25, -0.2) is 4.39 Å². The van der Waals surface area contributed by atoms with Crippen LogP contribution < -0.4 is 0 Å². The summed E-state index contributed by atoms with van der Waals surface area (Å²) in [5.41, 5.74) is 0.843. The lowest BCUT2D eigenvalue weighted by Crippen LogP contribution is -2.19. The van der Waals surface area contributed by atoms with Crippen molar-refractivity contribution in [3.63, 3.8) is 0 Å². The van der Waals surface area contributed by atoms with E-state index in [1.165, 1.54) is 6.07 Å². The number of halogens is 1. The minimum atomic E-state index is -0.444. The second-order valence-corrected chi connectivity index (χ2v) is 2.69. The summed E-state index contributed by atoms with van der Waals surface area (Å²) in [6.07, 6.45) is 0. The molecule has 1 heterocycles. The molecule has 3 heteroatoms. The van der Waals surface area contributed by atoms with E-state index < -0.39 is 5.82 Å². The van der Waals surface area contributed by atoms with E-state index in [1.807, 2.05) is 0 Å². The number of hydrogen-bond donors (Lipinski definition) is 0. The Kier molecular flexibility index (Phi) is 1.66. The van der Waals surface area contributed by atoms with Gasteiger partial charge in [-0.2, -0.15) is 0 Å². The molecule has 0 unspecified atom stereocenters. The summed E-state index contributed by atoms with van der Waals surface area (Å²) in [6.45, 7) is 0.326. The second kappa shape index (κ2) is 2.68. The Labute approximate surface area is 69.0 Å². The number of rotatable bonds is 0. The number of fused-ring (bicyclic) bond motifs is 1. The van der Waals surface area contributed by atoms with Crippen LogP contribution in [0.3, 0.4) is 0 Å². The fourth-order valence-electron chi connectivity index (χ4n) is 1.33. The van der Waals surface area contributed by atoms with Gasteiger partial charge >= 0.3 is 0 Å². The normalized spacial score (nSPS) is 15.9. The SMILES string of the molecule is O=C1COCc2cccc(F)c21. The summed E-state index contributed by atoms with van der Waals surface area (Å²) < 4.78 is 18.0. The number of carbonyl (C=O) groups is 1. The standard InChI is InChI=1S/C9H7FO2/c10-7-3-1-2-6-4-12-5-8(11)9(6)7/h1-3H,4-5H2. The molecule has 0 aliphatic carbocycles. The third-order valence-corrected chi connectivity index (χ3v) is 1.87. The molecule has 62 valence electrons. The fraction of sp³-hybridized carbons (Fsp3) is 0.222. The smallest absolute Gasteiger partial charge is 0.191 e. The predicted molar refractivity (Wildman–Crippen MR) is 40.4 cm³/mol. The summed E-state index contributed by atoms with van der Waals surface area (Å²) in [6, 6.07) is 4.58. The van der Waals surface area contributed by atoms with Crippen molar-refractivity contribution in [1.82, 2.24) is 0 Å². The van der Waals surface area contributed by atoms with Crippen LogP contribution in [0, 0.1) is 5.82 Å². The maximum absolute atomic E-state index is 13.0. The number of Topliss-reactive ketones (excluding diaryl/α,β-unsaturated/α-hetero) is 1. The summed E-state index contributed by atoms with van der Waals surface area (Å²) in [4.78, 5) is 11.1. The van der Waals surface area contributed by atoms with Gasteiger partial charge in [-0.3, -0.25) is 4.79 Å². The Hall–Kier alpha value is -1.22. The highest BCUT2D eigenvalue weighted by Crippen LogP contribution is 2.19. The molecule has 2 nitrogen and oxygen atoms in total.